The second-order valence-electron chi connectivity index (χ2n) is 5.03. The Kier molecular flexibility index (Phi) is 4.49. The van der Waals surface area contributed by atoms with Crippen LogP contribution in [0, 0.1) is 10.1 Å². The van der Waals surface area contributed by atoms with E-state index in [4.69, 9.17) is 21.1 Å². The van der Waals surface area contributed by atoms with E-state index in [2.05, 4.69) is 4.99 Å². The van der Waals surface area contributed by atoms with Gasteiger partial charge in [-0.25, -0.2) is 9.79 Å². The first-order valence-corrected chi connectivity index (χ1v) is 7.46. The van der Waals surface area contributed by atoms with Crippen LogP contribution < -0.4 is 4.74 Å². The number of ether oxygens (including phenoxy) is 2. The lowest BCUT2D eigenvalue weighted by atomic mass is 10.2. The molecular formula is C17H11ClN2O5. The van der Waals surface area contributed by atoms with E-state index in [0.717, 1.165) is 5.56 Å². The molecule has 25 heavy (non-hydrogen) atoms. The number of benzene rings is 2. The van der Waals surface area contributed by atoms with Crippen molar-refractivity contribution in [2.75, 3.05) is 7.11 Å². The van der Waals surface area contributed by atoms with Gasteiger partial charge in [-0.3, -0.25) is 10.1 Å². The maximum absolute atomic E-state index is 12.0. The first-order chi connectivity index (χ1) is 12.0. The summed E-state index contributed by atoms with van der Waals surface area (Å²) < 4.78 is 10.2. The molecule has 0 bridgehead atoms. The number of esters is 1. The summed E-state index contributed by atoms with van der Waals surface area (Å²) in [5.41, 5.74) is 0.804. The second kappa shape index (κ2) is 6.74. The SMILES string of the molecule is COc1ccc(/C=C2\N=C(c3cc([N+](=O)[O-])ccc3Cl)OC2=O)cc1. The van der Waals surface area contributed by atoms with Crippen LogP contribution in [0.1, 0.15) is 11.1 Å². The fourth-order valence-corrected chi connectivity index (χ4v) is 2.37. The van der Waals surface area contributed by atoms with E-state index in [0.29, 0.717) is 5.75 Å². The minimum absolute atomic E-state index is 0.0709. The second-order valence-corrected chi connectivity index (χ2v) is 5.44. The third-order valence-electron chi connectivity index (χ3n) is 3.43. The molecule has 0 saturated heterocycles. The van der Waals surface area contributed by atoms with Gasteiger partial charge in [0.25, 0.3) is 5.69 Å². The number of hydrogen-bond donors (Lipinski definition) is 0. The fourth-order valence-electron chi connectivity index (χ4n) is 2.17. The number of methoxy groups -OCH3 is 1. The fraction of sp³-hybridized carbons (Fsp3) is 0.0588. The molecule has 1 heterocycles. The predicted octanol–water partition coefficient (Wildman–Crippen LogP) is 3.60. The molecule has 3 rings (SSSR count). The van der Waals surface area contributed by atoms with E-state index in [9.17, 15) is 14.9 Å². The van der Waals surface area contributed by atoms with Crippen molar-refractivity contribution in [3.05, 3.63) is 74.4 Å². The third-order valence-corrected chi connectivity index (χ3v) is 3.76. The lowest BCUT2D eigenvalue weighted by molar-refractivity contribution is -0.384. The lowest BCUT2D eigenvalue weighted by Crippen LogP contribution is -2.06. The summed E-state index contributed by atoms with van der Waals surface area (Å²) >= 11 is 6.04. The van der Waals surface area contributed by atoms with E-state index in [1.807, 2.05) is 0 Å². The van der Waals surface area contributed by atoms with Gasteiger partial charge in [-0.1, -0.05) is 23.7 Å². The highest BCUT2D eigenvalue weighted by atomic mass is 35.5. The highest BCUT2D eigenvalue weighted by Crippen LogP contribution is 2.27. The minimum atomic E-state index is -0.659. The zero-order valence-corrected chi connectivity index (χ0v) is 13.7. The number of cyclic esters (lactones) is 1. The van der Waals surface area contributed by atoms with Gasteiger partial charge in [0.15, 0.2) is 5.70 Å². The highest BCUT2D eigenvalue weighted by Gasteiger charge is 2.27. The monoisotopic (exact) mass is 358 g/mol. The summed E-state index contributed by atoms with van der Waals surface area (Å²) in [4.78, 5) is 26.4. The molecule has 0 unspecified atom stereocenters. The standard InChI is InChI=1S/C17H11ClN2O5/c1-24-12-5-2-10(3-6-12)8-15-17(21)25-16(19-15)13-9-11(20(22)23)4-7-14(13)18/h2-9H,1H3/b15-8-. The van der Waals surface area contributed by atoms with E-state index < -0.39 is 10.9 Å². The Bertz CT molecular complexity index is 919. The zero-order valence-electron chi connectivity index (χ0n) is 12.9. The number of nitro benzene ring substituents is 1. The molecule has 1 aliphatic rings. The molecule has 2 aromatic rings. The van der Waals surface area contributed by atoms with E-state index in [-0.39, 0.29) is 27.9 Å². The van der Waals surface area contributed by atoms with Crippen LogP contribution in [-0.2, 0) is 9.53 Å². The van der Waals surface area contributed by atoms with E-state index >= 15 is 0 Å². The van der Waals surface area contributed by atoms with Crippen molar-refractivity contribution in [1.29, 1.82) is 0 Å². The molecule has 0 atom stereocenters. The Morgan fingerprint density at radius 2 is 1.96 bits per heavy atom. The topological polar surface area (TPSA) is 91.0 Å². The number of carbonyl (C=O) groups excluding carboxylic acids is 1. The maximum Gasteiger partial charge on any atom is 0.363 e. The summed E-state index contributed by atoms with van der Waals surface area (Å²) in [6.45, 7) is 0. The molecule has 0 aliphatic carbocycles. The summed E-state index contributed by atoms with van der Waals surface area (Å²) in [5.74, 6) is -0.0458. The number of aliphatic imine (C=N–C) groups is 1. The Hall–Kier alpha value is -3.19. The van der Waals surface area contributed by atoms with E-state index in [1.54, 1.807) is 37.5 Å². The number of carbonyl (C=O) groups is 1. The molecule has 1 aliphatic heterocycles. The van der Waals surface area contributed by atoms with Gasteiger partial charge in [0.1, 0.15) is 5.75 Å². The number of hydrogen-bond acceptors (Lipinski definition) is 6. The van der Waals surface area contributed by atoms with Gasteiger partial charge < -0.3 is 9.47 Å². The lowest BCUT2D eigenvalue weighted by Gasteiger charge is -2.02. The van der Waals surface area contributed by atoms with Gasteiger partial charge in [0.2, 0.25) is 5.90 Å². The first-order valence-electron chi connectivity index (χ1n) is 7.09. The van der Waals surface area contributed by atoms with Crippen LogP contribution >= 0.6 is 11.6 Å². The number of nitrogens with zero attached hydrogens (tertiary/aromatic N) is 2. The van der Waals surface area contributed by atoms with Crippen molar-refractivity contribution in [2.24, 2.45) is 4.99 Å². The van der Waals surface area contributed by atoms with Crippen molar-refractivity contribution >= 4 is 35.2 Å². The Balaban J connectivity index is 1.96. The van der Waals surface area contributed by atoms with Gasteiger partial charge >= 0.3 is 5.97 Å². The van der Waals surface area contributed by atoms with E-state index in [1.165, 1.54) is 18.2 Å². The quantitative estimate of drug-likeness (QED) is 0.360. The van der Waals surface area contributed by atoms with Gasteiger partial charge in [-0.15, -0.1) is 0 Å². The number of non-ortho nitro benzene ring substituents is 1. The van der Waals surface area contributed by atoms with Gasteiger partial charge in [0, 0.05) is 12.1 Å². The van der Waals surface area contributed by atoms with Gasteiger partial charge in [0.05, 0.1) is 22.6 Å². The summed E-state index contributed by atoms with van der Waals surface area (Å²) in [6, 6.07) is 10.8. The van der Waals surface area contributed by atoms with Gasteiger partial charge in [-0.05, 0) is 29.8 Å². The van der Waals surface area contributed by atoms with Gasteiger partial charge in [-0.2, -0.15) is 0 Å². The summed E-state index contributed by atoms with van der Waals surface area (Å²) in [7, 11) is 1.56. The summed E-state index contributed by atoms with van der Waals surface area (Å²) in [6.07, 6.45) is 1.54. The van der Waals surface area contributed by atoms with Crippen molar-refractivity contribution in [3.8, 4) is 5.75 Å². The largest absolute Gasteiger partial charge is 0.497 e. The molecule has 0 radical (unpaired) electrons. The van der Waals surface area contributed by atoms with Crippen LogP contribution in [0.25, 0.3) is 6.08 Å². The van der Waals surface area contributed by atoms with Crippen molar-refractivity contribution in [3.63, 3.8) is 0 Å². The molecular weight excluding hydrogens is 348 g/mol. The van der Waals surface area contributed by atoms with Crippen LogP contribution in [-0.4, -0.2) is 23.9 Å². The molecule has 0 saturated carbocycles. The Labute approximate surface area is 147 Å². The number of rotatable bonds is 4. The minimum Gasteiger partial charge on any atom is -0.497 e. The molecule has 0 N–H and O–H groups in total. The van der Waals surface area contributed by atoms with Crippen molar-refractivity contribution in [1.82, 2.24) is 0 Å². The van der Waals surface area contributed by atoms with Crippen LogP contribution in [0.4, 0.5) is 5.69 Å². The molecule has 0 spiro atoms. The Morgan fingerprint density at radius 1 is 1.24 bits per heavy atom. The van der Waals surface area contributed by atoms with Crippen molar-refractivity contribution < 1.29 is 19.2 Å². The molecule has 0 fully saturated rings. The number of nitro groups is 1. The highest BCUT2D eigenvalue weighted by molar-refractivity contribution is 6.34. The smallest absolute Gasteiger partial charge is 0.363 e. The molecule has 2 aromatic carbocycles. The maximum atomic E-state index is 12.0. The summed E-state index contributed by atoms with van der Waals surface area (Å²) in [5, 5.41) is 11.1. The molecule has 0 aromatic heterocycles. The van der Waals surface area contributed by atoms with Crippen molar-refractivity contribution in [2.45, 2.75) is 0 Å². The molecule has 8 heteroatoms. The van der Waals surface area contributed by atoms with Crippen LogP contribution in [0.5, 0.6) is 5.75 Å². The number of halogens is 1. The molecule has 0 amide bonds. The normalized spacial score (nSPS) is 15.0. The molecule has 7 nitrogen and oxygen atoms in total. The van der Waals surface area contributed by atoms with Crippen LogP contribution in [0.2, 0.25) is 5.02 Å². The molecule has 126 valence electrons. The predicted molar refractivity (Wildman–Crippen MR) is 91.7 cm³/mol. The Morgan fingerprint density at radius 3 is 2.60 bits per heavy atom. The average molecular weight is 359 g/mol. The van der Waals surface area contributed by atoms with Crippen LogP contribution in [0.15, 0.2) is 53.2 Å². The third kappa shape index (κ3) is 3.51. The zero-order chi connectivity index (χ0) is 18.0. The van der Waals surface area contributed by atoms with Crippen LogP contribution in [0.3, 0.4) is 0 Å². The first kappa shape index (κ1) is 16.7. The average Bonchev–Trinajstić information content (AvgIpc) is 2.96.